The van der Waals surface area contributed by atoms with Crippen LogP contribution in [-0.4, -0.2) is 17.5 Å². The van der Waals surface area contributed by atoms with E-state index in [2.05, 4.69) is 30.3 Å². The second-order valence-corrected chi connectivity index (χ2v) is 6.02. The van der Waals surface area contributed by atoms with Crippen molar-refractivity contribution in [3.63, 3.8) is 0 Å². The Labute approximate surface area is 123 Å². The highest BCUT2D eigenvalue weighted by molar-refractivity contribution is 7.99. The van der Waals surface area contributed by atoms with Gasteiger partial charge in [0.05, 0.1) is 19.3 Å². The van der Waals surface area contributed by atoms with Gasteiger partial charge in [-0.2, -0.15) is 0 Å². The van der Waals surface area contributed by atoms with Crippen molar-refractivity contribution in [1.82, 2.24) is 0 Å². The zero-order chi connectivity index (χ0) is 13.8. The van der Waals surface area contributed by atoms with Crippen LogP contribution in [0.15, 0.2) is 53.4 Å². The summed E-state index contributed by atoms with van der Waals surface area (Å²) in [7, 11) is 0. The average molecular weight is 286 g/mol. The van der Waals surface area contributed by atoms with E-state index in [0.29, 0.717) is 0 Å². The molecule has 1 heterocycles. The Bertz CT molecular complexity index is 583. The number of hydrogen-bond acceptors (Lipinski definition) is 3. The van der Waals surface area contributed by atoms with Crippen LogP contribution in [0.4, 0.5) is 0 Å². The van der Waals surface area contributed by atoms with E-state index in [4.69, 9.17) is 4.74 Å². The zero-order valence-corrected chi connectivity index (χ0v) is 12.1. The van der Waals surface area contributed by atoms with Crippen LogP contribution in [0.5, 0.6) is 0 Å². The summed E-state index contributed by atoms with van der Waals surface area (Å²) in [6, 6.07) is 16.6. The van der Waals surface area contributed by atoms with E-state index in [1.807, 2.05) is 18.2 Å². The minimum absolute atomic E-state index is 0.0944. The molecule has 2 aromatic rings. The fraction of sp³-hybridized carbons (Fsp3) is 0.294. The van der Waals surface area contributed by atoms with Gasteiger partial charge in [0.25, 0.3) is 0 Å². The molecule has 1 aliphatic heterocycles. The van der Waals surface area contributed by atoms with Crippen molar-refractivity contribution < 1.29 is 9.84 Å². The van der Waals surface area contributed by atoms with E-state index in [-0.39, 0.29) is 12.7 Å². The number of rotatable bonds is 4. The Balaban J connectivity index is 1.70. The van der Waals surface area contributed by atoms with Gasteiger partial charge in [-0.1, -0.05) is 36.4 Å². The smallest absolute Gasteiger partial charge is 0.0921 e. The molecule has 0 bridgehead atoms. The molecule has 1 N–H and O–H groups in total. The summed E-state index contributed by atoms with van der Waals surface area (Å²) in [6.45, 7) is 0.899. The largest absolute Gasteiger partial charge is 0.392 e. The first-order valence-corrected chi connectivity index (χ1v) is 7.87. The van der Waals surface area contributed by atoms with Crippen molar-refractivity contribution in [2.75, 3.05) is 12.4 Å². The van der Waals surface area contributed by atoms with Gasteiger partial charge >= 0.3 is 0 Å². The Morgan fingerprint density at radius 2 is 2.05 bits per heavy atom. The fourth-order valence-corrected chi connectivity index (χ4v) is 3.55. The van der Waals surface area contributed by atoms with Gasteiger partial charge in [0.1, 0.15) is 0 Å². The maximum absolute atomic E-state index is 9.18. The predicted molar refractivity (Wildman–Crippen MR) is 81.9 cm³/mol. The minimum Gasteiger partial charge on any atom is -0.392 e. The van der Waals surface area contributed by atoms with Gasteiger partial charge in [-0.25, -0.2) is 0 Å². The summed E-state index contributed by atoms with van der Waals surface area (Å²) in [4.78, 5) is 1.18. The monoisotopic (exact) mass is 286 g/mol. The fourth-order valence-electron chi connectivity index (χ4n) is 2.52. The molecule has 20 heavy (non-hydrogen) atoms. The number of hydrogen-bond donors (Lipinski definition) is 1. The quantitative estimate of drug-likeness (QED) is 0.871. The number of ether oxygens (including phenoxy) is 1. The van der Waals surface area contributed by atoms with E-state index >= 15 is 0 Å². The molecule has 0 saturated carbocycles. The van der Waals surface area contributed by atoms with Gasteiger partial charge in [0.15, 0.2) is 0 Å². The molecule has 1 unspecified atom stereocenters. The van der Waals surface area contributed by atoms with E-state index in [9.17, 15) is 5.11 Å². The summed E-state index contributed by atoms with van der Waals surface area (Å²) in [5, 5.41) is 9.18. The summed E-state index contributed by atoms with van der Waals surface area (Å²) >= 11 is 1.78. The normalized spacial score (nSPS) is 17.8. The first-order chi connectivity index (χ1) is 9.86. The van der Waals surface area contributed by atoms with Crippen LogP contribution in [0.3, 0.4) is 0 Å². The Morgan fingerprint density at radius 1 is 1.15 bits per heavy atom. The molecule has 0 spiro atoms. The van der Waals surface area contributed by atoms with Crippen LogP contribution < -0.4 is 0 Å². The lowest BCUT2D eigenvalue weighted by molar-refractivity contribution is 0.0588. The molecule has 3 heteroatoms. The third kappa shape index (κ3) is 3.06. The standard InChI is InChI=1S/C17H18O2S/c18-11-13-4-3-6-15(10-13)20-12-17-16-7-2-1-5-14(16)8-9-19-17/h1-7,10,17-18H,8-9,11-12H2. The van der Waals surface area contributed by atoms with Crippen molar-refractivity contribution in [1.29, 1.82) is 0 Å². The molecular formula is C17H18O2S. The SMILES string of the molecule is OCc1cccc(SCC2OCCc3ccccc32)c1. The van der Waals surface area contributed by atoms with E-state index in [0.717, 1.165) is 24.3 Å². The maximum atomic E-state index is 9.18. The van der Waals surface area contributed by atoms with Crippen molar-refractivity contribution >= 4 is 11.8 Å². The Morgan fingerprint density at radius 3 is 2.95 bits per heavy atom. The highest BCUT2D eigenvalue weighted by atomic mass is 32.2. The minimum atomic E-state index is 0.0944. The summed E-state index contributed by atoms with van der Waals surface area (Å²) in [6.07, 6.45) is 1.18. The Hall–Kier alpha value is -1.29. The predicted octanol–water partition coefficient (Wildman–Crippen LogP) is 3.59. The second kappa shape index (κ2) is 6.44. The first-order valence-electron chi connectivity index (χ1n) is 6.89. The summed E-state index contributed by atoms with van der Waals surface area (Å²) in [5.41, 5.74) is 3.69. The second-order valence-electron chi connectivity index (χ2n) is 4.92. The van der Waals surface area contributed by atoms with Crippen LogP contribution in [-0.2, 0) is 17.8 Å². The number of thioether (sulfide) groups is 1. The van der Waals surface area contributed by atoms with E-state index in [1.165, 1.54) is 16.0 Å². The molecule has 0 radical (unpaired) electrons. The van der Waals surface area contributed by atoms with Crippen molar-refractivity contribution in [3.8, 4) is 0 Å². The van der Waals surface area contributed by atoms with Gasteiger partial charge in [0.2, 0.25) is 0 Å². The van der Waals surface area contributed by atoms with Gasteiger partial charge in [-0.3, -0.25) is 0 Å². The lowest BCUT2D eigenvalue weighted by Crippen LogP contribution is -2.17. The van der Waals surface area contributed by atoms with Crippen LogP contribution in [0.2, 0.25) is 0 Å². The van der Waals surface area contributed by atoms with Crippen molar-refractivity contribution in [2.45, 2.75) is 24.0 Å². The molecular weight excluding hydrogens is 268 g/mol. The lowest BCUT2D eigenvalue weighted by Gasteiger charge is -2.25. The number of aliphatic hydroxyl groups is 1. The first kappa shape index (κ1) is 13.7. The van der Waals surface area contributed by atoms with Crippen molar-refractivity contribution in [3.05, 3.63) is 65.2 Å². The number of benzene rings is 2. The van der Waals surface area contributed by atoms with Gasteiger partial charge in [-0.15, -0.1) is 11.8 Å². The molecule has 0 saturated heterocycles. The summed E-state index contributed by atoms with van der Waals surface area (Å²) in [5.74, 6) is 0.909. The molecule has 1 atom stereocenters. The van der Waals surface area contributed by atoms with Gasteiger partial charge in [-0.05, 0) is 35.2 Å². The highest BCUT2D eigenvalue weighted by Gasteiger charge is 2.20. The number of aliphatic hydroxyl groups excluding tert-OH is 1. The molecule has 2 nitrogen and oxygen atoms in total. The van der Waals surface area contributed by atoms with Crippen LogP contribution in [0.25, 0.3) is 0 Å². The maximum Gasteiger partial charge on any atom is 0.0921 e. The van der Waals surface area contributed by atoms with Crippen LogP contribution >= 0.6 is 11.8 Å². The lowest BCUT2D eigenvalue weighted by atomic mass is 9.99. The van der Waals surface area contributed by atoms with Gasteiger partial charge < -0.3 is 9.84 Å². The topological polar surface area (TPSA) is 29.5 Å². The van der Waals surface area contributed by atoms with E-state index < -0.39 is 0 Å². The molecule has 2 aromatic carbocycles. The van der Waals surface area contributed by atoms with Crippen molar-refractivity contribution in [2.24, 2.45) is 0 Å². The third-order valence-corrected chi connectivity index (χ3v) is 4.63. The van der Waals surface area contributed by atoms with Crippen LogP contribution in [0.1, 0.15) is 22.8 Å². The van der Waals surface area contributed by atoms with Crippen LogP contribution in [0, 0.1) is 0 Å². The molecule has 1 aliphatic rings. The molecule has 0 aromatic heterocycles. The third-order valence-electron chi connectivity index (χ3n) is 3.57. The molecule has 104 valence electrons. The van der Waals surface area contributed by atoms with Gasteiger partial charge in [0, 0.05) is 10.6 Å². The highest BCUT2D eigenvalue weighted by Crippen LogP contribution is 2.32. The number of fused-ring (bicyclic) bond motifs is 1. The average Bonchev–Trinajstić information content (AvgIpc) is 2.53. The molecule has 3 rings (SSSR count). The molecule has 0 amide bonds. The summed E-state index contributed by atoms with van der Waals surface area (Å²) < 4.78 is 5.91. The molecule has 0 aliphatic carbocycles. The Kier molecular flexibility index (Phi) is 4.41. The van der Waals surface area contributed by atoms with E-state index in [1.54, 1.807) is 11.8 Å². The zero-order valence-electron chi connectivity index (χ0n) is 11.3. The molecule has 0 fully saturated rings.